The molecular formula is C12H12ClN5O2. The summed E-state index contributed by atoms with van der Waals surface area (Å²) < 4.78 is 0. The van der Waals surface area contributed by atoms with Gasteiger partial charge in [0.2, 0.25) is 0 Å². The second kappa shape index (κ2) is 6.27. The van der Waals surface area contributed by atoms with Crippen molar-refractivity contribution in [3.63, 3.8) is 0 Å². The molecule has 1 aliphatic heterocycles. The molecule has 1 aromatic heterocycles. The molecule has 0 aliphatic carbocycles. The molecule has 2 heterocycles. The lowest BCUT2D eigenvalue weighted by Gasteiger charge is -2.15. The number of nitrogens with two attached hydrogens (primary N) is 1. The molecule has 1 atom stereocenters. The van der Waals surface area contributed by atoms with E-state index < -0.39 is 17.9 Å². The number of carbonyl (C=O) groups excluding carboxylic acids is 2. The molecule has 2 amide bonds. The molecule has 7 nitrogen and oxygen atoms in total. The first-order valence-electron chi connectivity index (χ1n) is 5.78. The van der Waals surface area contributed by atoms with Crippen LogP contribution in [-0.2, 0) is 4.79 Å². The predicted octanol–water partition coefficient (Wildman–Crippen LogP) is 0.182. The number of amidine groups is 1. The van der Waals surface area contributed by atoms with Crippen LogP contribution in [0.15, 0.2) is 35.5 Å². The van der Waals surface area contributed by atoms with E-state index in [0.717, 1.165) is 0 Å². The lowest BCUT2D eigenvalue weighted by molar-refractivity contribution is -0.122. The summed E-state index contributed by atoms with van der Waals surface area (Å²) in [4.78, 5) is 31.3. The standard InChI is InChI=1S/C12H12ClN5O2/c13-7-4-5-15-9(6-7)11(19)17-10-3-1-2-8(16-10)12(20)18-14/h1,3-6,8H,2,14H2,(H,18,20)(H,16,17,19). The van der Waals surface area contributed by atoms with Crippen molar-refractivity contribution in [1.29, 1.82) is 0 Å². The number of nitrogens with one attached hydrogen (secondary N) is 2. The lowest BCUT2D eigenvalue weighted by atomic mass is 10.1. The Balaban J connectivity index is 2.09. The van der Waals surface area contributed by atoms with Crippen molar-refractivity contribution >= 4 is 29.3 Å². The summed E-state index contributed by atoms with van der Waals surface area (Å²) in [5.74, 6) is 4.46. The van der Waals surface area contributed by atoms with Gasteiger partial charge in [0.25, 0.3) is 11.8 Å². The molecule has 0 saturated carbocycles. The van der Waals surface area contributed by atoms with Crippen molar-refractivity contribution in [2.24, 2.45) is 10.8 Å². The molecule has 0 aromatic carbocycles. The molecule has 20 heavy (non-hydrogen) atoms. The maximum Gasteiger partial charge on any atom is 0.275 e. The fourth-order valence-electron chi connectivity index (χ4n) is 1.62. The van der Waals surface area contributed by atoms with Crippen LogP contribution >= 0.6 is 11.6 Å². The molecule has 0 fully saturated rings. The zero-order valence-corrected chi connectivity index (χ0v) is 11.1. The van der Waals surface area contributed by atoms with Crippen LogP contribution < -0.4 is 16.6 Å². The summed E-state index contributed by atoms with van der Waals surface area (Å²) in [5.41, 5.74) is 2.19. The lowest BCUT2D eigenvalue weighted by Crippen LogP contribution is -2.41. The van der Waals surface area contributed by atoms with Gasteiger partial charge in [-0.1, -0.05) is 17.7 Å². The second-order valence-corrected chi connectivity index (χ2v) is 4.43. The SMILES string of the molecule is NNC(=O)C1CC=CC(NC(=O)c2cc(Cl)ccn2)=N1. The van der Waals surface area contributed by atoms with Crippen molar-refractivity contribution in [3.05, 3.63) is 41.2 Å². The predicted molar refractivity (Wildman–Crippen MR) is 74.0 cm³/mol. The average molecular weight is 294 g/mol. The van der Waals surface area contributed by atoms with E-state index in [0.29, 0.717) is 11.4 Å². The first kappa shape index (κ1) is 14.2. The van der Waals surface area contributed by atoms with Crippen LogP contribution in [0.1, 0.15) is 16.9 Å². The molecule has 104 valence electrons. The van der Waals surface area contributed by atoms with E-state index in [-0.39, 0.29) is 11.5 Å². The maximum absolute atomic E-state index is 11.9. The molecule has 1 unspecified atom stereocenters. The summed E-state index contributed by atoms with van der Waals surface area (Å²) in [6.45, 7) is 0. The third-order valence-corrected chi connectivity index (χ3v) is 2.81. The van der Waals surface area contributed by atoms with Gasteiger partial charge in [0.1, 0.15) is 17.6 Å². The number of aliphatic imine (C=N–C) groups is 1. The Morgan fingerprint density at radius 2 is 2.25 bits per heavy atom. The maximum atomic E-state index is 11.9. The van der Waals surface area contributed by atoms with Crippen LogP contribution in [0.5, 0.6) is 0 Å². The van der Waals surface area contributed by atoms with Gasteiger partial charge in [0.15, 0.2) is 0 Å². The third kappa shape index (κ3) is 3.40. The van der Waals surface area contributed by atoms with Crippen LogP contribution in [-0.4, -0.2) is 28.7 Å². The first-order valence-corrected chi connectivity index (χ1v) is 6.15. The molecular weight excluding hydrogens is 282 g/mol. The number of nitrogens with zero attached hydrogens (tertiary/aromatic N) is 2. The highest BCUT2D eigenvalue weighted by molar-refractivity contribution is 6.31. The molecule has 0 spiro atoms. The van der Waals surface area contributed by atoms with E-state index in [9.17, 15) is 9.59 Å². The summed E-state index contributed by atoms with van der Waals surface area (Å²) >= 11 is 5.78. The smallest absolute Gasteiger partial charge is 0.275 e. The van der Waals surface area contributed by atoms with E-state index in [1.165, 1.54) is 12.3 Å². The van der Waals surface area contributed by atoms with Crippen molar-refractivity contribution < 1.29 is 9.59 Å². The van der Waals surface area contributed by atoms with Crippen molar-refractivity contribution in [3.8, 4) is 0 Å². The van der Waals surface area contributed by atoms with Gasteiger partial charge < -0.3 is 5.32 Å². The molecule has 1 aliphatic rings. The summed E-state index contributed by atoms with van der Waals surface area (Å²) in [6.07, 6.45) is 5.20. The number of dihydropyridines is 1. The number of hydrogen-bond donors (Lipinski definition) is 3. The number of amides is 2. The van der Waals surface area contributed by atoms with Crippen LogP contribution in [0, 0.1) is 0 Å². The van der Waals surface area contributed by atoms with E-state index in [1.54, 1.807) is 18.2 Å². The molecule has 4 N–H and O–H groups in total. The Morgan fingerprint density at radius 3 is 2.95 bits per heavy atom. The Labute approximate surface area is 119 Å². The zero-order chi connectivity index (χ0) is 14.5. The topological polar surface area (TPSA) is 109 Å². The van der Waals surface area contributed by atoms with Crippen LogP contribution in [0.3, 0.4) is 0 Å². The van der Waals surface area contributed by atoms with Gasteiger partial charge >= 0.3 is 0 Å². The van der Waals surface area contributed by atoms with Gasteiger partial charge in [-0.15, -0.1) is 0 Å². The number of hydrogen-bond acceptors (Lipinski definition) is 5. The van der Waals surface area contributed by atoms with E-state index >= 15 is 0 Å². The highest BCUT2D eigenvalue weighted by Crippen LogP contribution is 2.09. The van der Waals surface area contributed by atoms with Gasteiger partial charge in [0, 0.05) is 11.2 Å². The molecule has 8 heteroatoms. The van der Waals surface area contributed by atoms with E-state index in [1.807, 2.05) is 5.43 Å². The number of pyridine rings is 1. The Hall–Kier alpha value is -2.25. The Morgan fingerprint density at radius 1 is 1.45 bits per heavy atom. The van der Waals surface area contributed by atoms with E-state index in [4.69, 9.17) is 17.4 Å². The average Bonchev–Trinajstić information content (AvgIpc) is 2.46. The largest absolute Gasteiger partial charge is 0.306 e. The minimum atomic E-state index is -0.646. The first-order chi connectivity index (χ1) is 9.60. The van der Waals surface area contributed by atoms with Crippen LogP contribution in [0.2, 0.25) is 5.02 Å². The summed E-state index contributed by atoms with van der Waals surface area (Å²) in [5, 5.41) is 2.96. The van der Waals surface area contributed by atoms with Crippen LogP contribution in [0.25, 0.3) is 0 Å². The van der Waals surface area contributed by atoms with Gasteiger partial charge in [-0.2, -0.15) is 0 Å². The second-order valence-electron chi connectivity index (χ2n) is 3.99. The zero-order valence-electron chi connectivity index (χ0n) is 10.3. The number of hydrazine groups is 1. The van der Waals surface area contributed by atoms with E-state index in [2.05, 4.69) is 15.3 Å². The van der Waals surface area contributed by atoms with Gasteiger partial charge in [-0.3, -0.25) is 25.0 Å². The normalized spacial score (nSPS) is 17.3. The molecule has 2 rings (SSSR count). The minimum absolute atomic E-state index is 0.166. The monoisotopic (exact) mass is 293 g/mol. The number of halogens is 1. The fourth-order valence-corrected chi connectivity index (χ4v) is 1.78. The third-order valence-electron chi connectivity index (χ3n) is 2.57. The molecule has 1 aromatic rings. The highest BCUT2D eigenvalue weighted by Gasteiger charge is 2.19. The van der Waals surface area contributed by atoms with Crippen molar-refractivity contribution in [1.82, 2.24) is 15.7 Å². The molecule has 0 radical (unpaired) electrons. The van der Waals surface area contributed by atoms with Gasteiger partial charge in [-0.05, 0) is 24.6 Å². The summed E-state index contributed by atoms with van der Waals surface area (Å²) in [7, 11) is 0. The fraction of sp³-hybridized carbons (Fsp3) is 0.167. The number of carbonyl (C=O) groups is 2. The Bertz CT molecular complexity index is 599. The number of aromatic nitrogens is 1. The van der Waals surface area contributed by atoms with Gasteiger partial charge in [-0.25, -0.2) is 5.84 Å². The number of rotatable bonds is 2. The summed E-state index contributed by atoms with van der Waals surface area (Å²) in [6, 6.07) is 2.36. The highest BCUT2D eigenvalue weighted by atomic mass is 35.5. The quantitative estimate of drug-likeness (QED) is 0.410. The van der Waals surface area contributed by atoms with Crippen molar-refractivity contribution in [2.75, 3.05) is 0 Å². The van der Waals surface area contributed by atoms with Gasteiger partial charge in [0.05, 0.1) is 0 Å². The molecule has 0 bridgehead atoms. The van der Waals surface area contributed by atoms with Crippen LogP contribution in [0.4, 0.5) is 0 Å². The molecule has 0 saturated heterocycles. The minimum Gasteiger partial charge on any atom is -0.306 e. The van der Waals surface area contributed by atoms with Crippen molar-refractivity contribution in [2.45, 2.75) is 12.5 Å². The Kier molecular flexibility index (Phi) is 4.44.